The second kappa shape index (κ2) is 5.21. The number of rotatable bonds is 4. The molecule has 0 atom stereocenters. The number of halogens is 1. The summed E-state index contributed by atoms with van der Waals surface area (Å²) in [6.45, 7) is 0.891. The molecule has 1 heterocycles. The van der Waals surface area contributed by atoms with Crippen molar-refractivity contribution in [3.8, 4) is 6.07 Å². The molecule has 0 spiro atoms. The summed E-state index contributed by atoms with van der Waals surface area (Å²) in [6, 6.07) is 2.00. The highest BCUT2D eigenvalue weighted by Crippen LogP contribution is 2.38. The molecule has 0 radical (unpaired) electrons. The predicted molar refractivity (Wildman–Crippen MR) is 68.3 cm³/mol. The third-order valence-corrected chi connectivity index (χ3v) is 4.60. The van der Waals surface area contributed by atoms with Gasteiger partial charge in [0.2, 0.25) is 0 Å². The van der Waals surface area contributed by atoms with Crippen LogP contribution in [0.2, 0.25) is 5.15 Å². The van der Waals surface area contributed by atoms with Gasteiger partial charge >= 0.3 is 0 Å². The van der Waals surface area contributed by atoms with E-state index in [-0.39, 0.29) is 17.2 Å². The van der Waals surface area contributed by atoms with Crippen LogP contribution in [0.25, 0.3) is 0 Å². The molecule has 0 aliphatic heterocycles. The number of nitrogens with one attached hydrogen (secondary N) is 1. The Morgan fingerprint density at radius 2 is 2.24 bits per heavy atom. The van der Waals surface area contributed by atoms with Crippen LogP contribution in [-0.2, 0) is 0 Å². The zero-order chi connectivity index (χ0) is 12.3. The summed E-state index contributed by atoms with van der Waals surface area (Å²) in [4.78, 5) is 4.51. The van der Waals surface area contributed by atoms with Crippen molar-refractivity contribution in [2.24, 2.45) is 5.41 Å². The average molecular weight is 272 g/mol. The molecule has 0 unspecified atom stereocenters. The van der Waals surface area contributed by atoms with Crippen molar-refractivity contribution in [3.05, 3.63) is 10.0 Å². The van der Waals surface area contributed by atoms with Gasteiger partial charge < -0.3 is 10.4 Å². The average Bonchev–Trinajstić information content (AvgIpc) is 2.94. The fourth-order valence-electron chi connectivity index (χ4n) is 2.23. The van der Waals surface area contributed by atoms with E-state index in [9.17, 15) is 5.11 Å². The van der Waals surface area contributed by atoms with Crippen molar-refractivity contribution in [2.45, 2.75) is 25.7 Å². The van der Waals surface area contributed by atoms with E-state index in [0.29, 0.717) is 16.6 Å². The van der Waals surface area contributed by atoms with Crippen molar-refractivity contribution in [2.75, 3.05) is 18.5 Å². The number of nitrogens with zero attached hydrogens (tertiary/aromatic N) is 2. The fraction of sp³-hybridized carbons (Fsp3) is 0.636. The Bertz CT molecular complexity index is 434. The number of aliphatic hydroxyl groups excluding tert-OH is 1. The van der Waals surface area contributed by atoms with Gasteiger partial charge in [0.05, 0.1) is 6.61 Å². The minimum absolute atomic E-state index is 0.0229. The minimum Gasteiger partial charge on any atom is -0.396 e. The number of nitriles is 1. The van der Waals surface area contributed by atoms with Gasteiger partial charge in [-0.1, -0.05) is 35.8 Å². The molecule has 17 heavy (non-hydrogen) atoms. The molecule has 6 heteroatoms. The Labute approximate surface area is 109 Å². The Morgan fingerprint density at radius 1 is 1.53 bits per heavy atom. The van der Waals surface area contributed by atoms with Crippen LogP contribution in [-0.4, -0.2) is 23.2 Å². The smallest absolute Gasteiger partial charge is 0.185 e. The summed E-state index contributed by atoms with van der Waals surface area (Å²) in [5.41, 5.74) is -0.0229. The van der Waals surface area contributed by atoms with Crippen LogP contribution in [0.5, 0.6) is 0 Å². The Hall–Kier alpha value is -0.830. The van der Waals surface area contributed by atoms with Gasteiger partial charge in [-0.2, -0.15) is 5.26 Å². The van der Waals surface area contributed by atoms with E-state index in [0.717, 1.165) is 12.8 Å². The van der Waals surface area contributed by atoms with Crippen molar-refractivity contribution < 1.29 is 5.11 Å². The molecular weight excluding hydrogens is 258 g/mol. The van der Waals surface area contributed by atoms with E-state index < -0.39 is 0 Å². The summed E-state index contributed by atoms with van der Waals surface area (Å²) >= 11 is 7.05. The van der Waals surface area contributed by atoms with Crippen LogP contribution in [0.1, 0.15) is 30.6 Å². The summed E-state index contributed by atoms with van der Waals surface area (Å²) in [7, 11) is 0. The van der Waals surface area contributed by atoms with E-state index >= 15 is 0 Å². The predicted octanol–water partition coefficient (Wildman–Crippen LogP) is 2.63. The maximum absolute atomic E-state index is 9.47. The molecule has 0 bridgehead atoms. The van der Waals surface area contributed by atoms with Gasteiger partial charge in [0.25, 0.3) is 0 Å². The van der Waals surface area contributed by atoms with Gasteiger partial charge in [0.15, 0.2) is 10.3 Å². The fourth-order valence-corrected chi connectivity index (χ4v) is 3.17. The Morgan fingerprint density at radius 3 is 2.76 bits per heavy atom. The highest BCUT2D eigenvalue weighted by Gasteiger charge is 2.33. The third kappa shape index (κ3) is 2.71. The van der Waals surface area contributed by atoms with Crippen LogP contribution in [0, 0.1) is 16.7 Å². The van der Waals surface area contributed by atoms with E-state index in [2.05, 4.69) is 10.3 Å². The summed E-state index contributed by atoms with van der Waals surface area (Å²) in [6.07, 6.45) is 4.43. The second-order valence-corrected chi connectivity index (χ2v) is 5.83. The van der Waals surface area contributed by atoms with E-state index in [1.54, 1.807) is 0 Å². The lowest BCUT2D eigenvalue weighted by Gasteiger charge is -2.26. The molecule has 1 aliphatic rings. The van der Waals surface area contributed by atoms with Gasteiger partial charge in [0.1, 0.15) is 10.9 Å². The highest BCUT2D eigenvalue weighted by atomic mass is 35.5. The highest BCUT2D eigenvalue weighted by molar-refractivity contribution is 7.16. The van der Waals surface area contributed by atoms with Gasteiger partial charge in [0, 0.05) is 12.0 Å². The topological polar surface area (TPSA) is 68.9 Å². The molecular formula is C11H14ClN3OS. The monoisotopic (exact) mass is 271 g/mol. The van der Waals surface area contributed by atoms with Crippen LogP contribution < -0.4 is 5.32 Å². The van der Waals surface area contributed by atoms with Gasteiger partial charge in [-0.3, -0.25) is 0 Å². The molecule has 1 aromatic rings. The second-order valence-electron chi connectivity index (χ2n) is 4.47. The van der Waals surface area contributed by atoms with Crippen LogP contribution in [0.3, 0.4) is 0 Å². The standard InChI is InChI=1S/C11H14ClN3OS/c12-9-8(5-13)17-10(15-9)14-6-11(7-16)3-1-2-4-11/h16H,1-4,6-7H2,(H,14,15). The number of thiazole rings is 1. The maximum atomic E-state index is 9.47. The minimum atomic E-state index is -0.0229. The number of hydrogen-bond donors (Lipinski definition) is 2. The molecule has 0 aromatic carbocycles. The first-order valence-electron chi connectivity index (χ1n) is 5.60. The molecule has 2 rings (SSSR count). The summed E-state index contributed by atoms with van der Waals surface area (Å²) < 4.78 is 0. The summed E-state index contributed by atoms with van der Waals surface area (Å²) in [5.74, 6) is 0. The van der Waals surface area contributed by atoms with E-state index in [4.69, 9.17) is 16.9 Å². The third-order valence-electron chi connectivity index (χ3n) is 3.30. The Balaban J connectivity index is 1.99. The zero-order valence-corrected chi connectivity index (χ0v) is 10.9. The maximum Gasteiger partial charge on any atom is 0.185 e. The zero-order valence-electron chi connectivity index (χ0n) is 9.37. The molecule has 2 N–H and O–H groups in total. The first-order chi connectivity index (χ1) is 8.19. The van der Waals surface area contributed by atoms with Crippen LogP contribution in [0.15, 0.2) is 0 Å². The lowest BCUT2D eigenvalue weighted by Crippen LogP contribution is -2.30. The quantitative estimate of drug-likeness (QED) is 0.883. The molecule has 4 nitrogen and oxygen atoms in total. The van der Waals surface area contributed by atoms with Crippen molar-refractivity contribution in [1.29, 1.82) is 5.26 Å². The molecule has 1 saturated carbocycles. The van der Waals surface area contributed by atoms with Crippen LogP contribution >= 0.6 is 22.9 Å². The number of aromatic nitrogens is 1. The molecule has 0 amide bonds. The molecule has 0 saturated heterocycles. The Kier molecular flexibility index (Phi) is 3.87. The molecule has 1 aromatic heterocycles. The van der Waals surface area contributed by atoms with Crippen LogP contribution in [0.4, 0.5) is 5.13 Å². The first kappa shape index (κ1) is 12.6. The molecule has 1 fully saturated rings. The first-order valence-corrected chi connectivity index (χ1v) is 6.80. The number of anilines is 1. The lowest BCUT2D eigenvalue weighted by molar-refractivity contribution is 0.142. The van der Waals surface area contributed by atoms with E-state index in [1.807, 2.05) is 6.07 Å². The van der Waals surface area contributed by atoms with Crippen molar-refractivity contribution >= 4 is 28.1 Å². The van der Waals surface area contributed by atoms with Gasteiger partial charge in [-0.15, -0.1) is 0 Å². The normalized spacial score (nSPS) is 17.9. The van der Waals surface area contributed by atoms with Crippen molar-refractivity contribution in [3.63, 3.8) is 0 Å². The SMILES string of the molecule is N#Cc1sc(NCC2(CO)CCCC2)nc1Cl. The molecule has 1 aliphatic carbocycles. The van der Waals surface area contributed by atoms with E-state index in [1.165, 1.54) is 24.2 Å². The van der Waals surface area contributed by atoms with Crippen molar-refractivity contribution in [1.82, 2.24) is 4.98 Å². The lowest BCUT2D eigenvalue weighted by atomic mass is 9.87. The number of aliphatic hydroxyl groups is 1. The largest absolute Gasteiger partial charge is 0.396 e. The van der Waals surface area contributed by atoms with Gasteiger partial charge in [-0.25, -0.2) is 4.98 Å². The number of hydrogen-bond acceptors (Lipinski definition) is 5. The van der Waals surface area contributed by atoms with Gasteiger partial charge in [-0.05, 0) is 12.8 Å². The summed E-state index contributed by atoms with van der Waals surface area (Å²) in [5, 5.41) is 22.3. The molecule has 92 valence electrons.